The summed E-state index contributed by atoms with van der Waals surface area (Å²) >= 11 is 0. The summed E-state index contributed by atoms with van der Waals surface area (Å²) < 4.78 is 13.9. The highest BCUT2D eigenvalue weighted by Gasteiger charge is 2.32. The maximum atomic E-state index is 13.9. The van der Waals surface area contributed by atoms with Crippen molar-refractivity contribution in [2.45, 2.75) is 32.7 Å². The van der Waals surface area contributed by atoms with Crippen LogP contribution in [-0.2, 0) is 4.79 Å². The summed E-state index contributed by atoms with van der Waals surface area (Å²) in [5, 5.41) is 0. The lowest BCUT2D eigenvalue weighted by atomic mass is 9.92. The summed E-state index contributed by atoms with van der Waals surface area (Å²) in [5.41, 5.74) is 6.13. The molecule has 20 heavy (non-hydrogen) atoms. The van der Waals surface area contributed by atoms with Gasteiger partial charge >= 0.3 is 0 Å². The van der Waals surface area contributed by atoms with Crippen LogP contribution in [0.5, 0.6) is 0 Å². The third kappa shape index (κ3) is 2.81. The molecule has 2 unspecified atom stereocenters. The van der Waals surface area contributed by atoms with E-state index in [-0.39, 0.29) is 30.0 Å². The first-order chi connectivity index (χ1) is 9.40. The monoisotopic (exact) mass is 278 g/mol. The average Bonchev–Trinajstić information content (AvgIpc) is 2.38. The fraction of sp³-hybridized carbons (Fsp3) is 0.467. The molecule has 0 spiro atoms. The molecular formula is C15H19FN2O2. The average molecular weight is 278 g/mol. The number of hydrogen-bond acceptors (Lipinski definition) is 2. The summed E-state index contributed by atoms with van der Waals surface area (Å²) in [6.45, 7) is 3.94. The lowest BCUT2D eigenvalue weighted by molar-refractivity contribution is -0.123. The number of nitrogens with zero attached hydrogens (tertiary/aromatic N) is 1. The zero-order chi connectivity index (χ0) is 14.9. The molecule has 2 N–H and O–H groups in total. The Kier molecular flexibility index (Phi) is 4.06. The maximum Gasteiger partial charge on any atom is 0.257 e. The molecule has 2 atom stereocenters. The predicted octanol–water partition coefficient (Wildman–Crippen LogP) is 1.86. The molecule has 1 saturated heterocycles. The predicted molar refractivity (Wildman–Crippen MR) is 73.6 cm³/mol. The van der Waals surface area contributed by atoms with Crippen molar-refractivity contribution in [2.24, 2.45) is 11.7 Å². The molecule has 0 radical (unpaired) electrons. The van der Waals surface area contributed by atoms with Crippen molar-refractivity contribution in [3.05, 3.63) is 35.1 Å². The topological polar surface area (TPSA) is 63.4 Å². The Morgan fingerprint density at radius 3 is 2.65 bits per heavy atom. The zero-order valence-corrected chi connectivity index (χ0v) is 11.7. The molecule has 0 aliphatic carbocycles. The molecule has 0 bridgehead atoms. The Hall–Kier alpha value is -1.91. The molecule has 1 aliphatic rings. The second-order valence-electron chi connectivity index (χ2n) is 5.47. The molecule has 0 saturated carbocycles. The number of primary amides is 1. The van der Waals surface area contributed by atoms with Crippen LogP contribution in [-0.4, -0.2) is 29.3 Å². The summed E-state index contributed by atoms with van der Waals surface area (Å²) in [7, 11) is 0. The third-order valence-electron chi connectivity index (χ3n) is 3.90. The molecule has 1 aliphatic heterocycles. The maximum absolute atomic E-state index is 13.9. The number of rotatable bonds is 2. The number of halogens is 1. The van der Waals surface area contributed by atoms with E-state index >= 15 is 0 Å². The Labute approximate surface area is 117 Å². The molecule has 4 nitrogen and oxygen atoms in total. The third-order valence-corrected chi connectivity index (χ3v) is 3.90. The van der Waals surface area contributed by atoms with E-state index in [2.05, 4.69) is 0 Å². The molecular weight excluding hydrogens is 259 g/mol. The van der Waals surface area contributed by atoms with Gasteiger partial charge in [-0.2, -0.15) is 0 Å². The van der Waals surface area contributed by atoms with Crippen molar-refractivity contribution in [1.29, 1.82) is 0 Å². The summed E-state index contributed by atoms with van der Waals surface area (Å²) in [6.07, 6.45) is 1.38. The molecule has 0 aromatic heterocycles. The number of piperidine rings is 1. The Morgan fingerprint density at radius 1 is 1.35 bits per heavy atom. The number of likely N-dealkylation sites (tertiary alicyclic amines) is 1. The van der Waals surface area contributed by atoms with Crippen LogP contribution in [0.25, 0.3) is 0 Å². The number of nitrogens with two attached hydrogens (primary N) is 1. The van der Waals surface area contributed by atoms with Crippen molar-refractivity contribution in [3.8, 4) is 0 Å². The molecule has 5 heteroatoms. The van der Waals surface area contributed by atoms with Crippen molar-refractivity contribution in [3.63, 3.8) is 0 Å². The van der Waals surface area contributed by atoms with Crippen LogP contribution in [0.3, 0.4) is 0 Å². The standard InChI is InChI=1S/C15H19FN2O2/c1-9-3-6-12(13(16)7-9)15(20)18-8-11(14(17)19)5-4-10(18)2/h3,6-7,10-11H,4-5,8H2,1-2H3,(H2,17,19). The van der Waals surface area contributed by atoms with Crippen molar-refractivity contribution in [2.75, 3.05) is 6.54 Å². The van der Waals surface area contributed by atoms with Crippen LogP contribution in [0.2, 0.25) is 0 Å². The van der Waals surface area contributed by atoms with Gasteiger partial charge in [-0.1, -0.05) is 6.07 Å². The highest BCUT2D eigenvalue weighted by molar-refractivity contribution is 5.95. The van der Waals surface area contributed by atoms with Crippen LogP contribution >= 0.6 is 0 Å². The summed E-state index contributed by atoms with van der Waals surface area (Å²) in [4.78, 5) is 25.3. The Morgan fingerprint density at radius 2 is 2.05 bits per heavy atom. The molecule has 2 rings (SSSR count). The van der Waals surface area contributed by atoms with Gasteiger partial charge in [0.25, 0.3) is 5.91 Å². The highest BCUT2D eigenvalue weighted by Crippen LogP contribution is 2.24. The van der Waals surface area contributed by atoms with Crippen molar-refractivity contribution >= 4 is 11.8 Å². The normalized spacial score (nSPS) is 22.6. The molecule has 1 heterocycles. The van der Waals surface area contributed by atoms with Crippen LogP contribution < -0.4 is 5.73 Å². The van der Waals surface area contributed by atoms with Crippen LogP contribution in [0.1, 0.15) is 35.7 Å². The summed E-state index contributed by atoms with van der Waals surface area (Å²) in [6, 6.07) is 4.52. The zero-order valence-electron chi connectivity index (χ0n) is 11.7. The lowest BCUT2D eigenvalue weighted by Crippen LogP contribution is -2.48. The van der Waals surface area contributed by atoms with E-state index in [1.807, 2.05) is 6.92 Å². The van der Waals surface area contributed by atoms with Crippen molar-refractivity contribution in [1.82, 2.24) is 4.90 Å². The van der Waals surface area contributed by atoms with Gasteiger partial charge in [0.1, 0.15) is 5.82 Å². The van der Waals surface area contributed by atoms with Crippen LogP contribution in [0.15, 0.2) is 18.2 Å². The SMILES string of the molecule is Cc1ccc(C(=O)N2CC(C(N)=O)CCC2C)c(F)c1. The molecule has 1 aromatic carbocycles. The molecule has 1 fully saturated rings. The van der Waals surface area contributed by atoms with Crippen LogP contribution in [0.4, 0.5) is 4.39 Å². The van der Waals surface area contributed by atoms with Gasteiger partial charge in [0.15, 0.2) is 0 Å². The van der Waals surface area contributed by atoms with E-state index in [1.54, 1.807) is 17.9 Å². The number of aryl methyl sites for hydroxylation is 1. The minimum Gasteiger partial charge on any atom is -0.369 e. The largest absolute Gasteiger partial charge is 0.369 e. The van der Waals surface area contributed by atoms with Crippen LogP contribution in [0, 0.1) is 18.7 Å². The van der Waals surface area contributed by atoms with Gasteiger partial charge in [-0.05, 0) is 44.4 Å². The second kappa shape index (κ2) is 5.61. The first kappa shape index (κ1) is 14.5. The number of amides is 2. The van der Waals surface area contributed by atoms with Gasteiger partial charge < -0.3 is 10.6 Å². The summed E-state index contributed by atoms with van der Waals surface area (Å²) in [5.74, 6) is -1.65. The van der Waals surface area contributed by atoms with E-state index in [4.69, 9.17) is 5.73 Å². The van der Waals surface area contributed by atoms with Gasteiger partial charge in [-0.15, -0.1) is 0 Å². The first-order valence-electron chi connectivity index (χ1n) is 6.76. The molecule has 1 aromatic rings. The number of carbonyl (C=O) groups is 2. The number of hydrogen-bond donors (Lipinski definition) is 1. The van der Waals surface area contributed by atoms with Gasteiger partial charge in [0.05, 0.1) is 11.5 Å². The van der Waals surface area contributed by atoms with E-state index in [9.17, 15) is 14.0 Å². The number of benzene rings is 1. The quantitative estimate of drug-likeness (QED) is 0.897. The Balaban J connectivity index is 2.24. The van der Waals surface area contributed by atoms with E-state index in [1.165, 1.54) is 12.1 Å². The van der Waals surface area contributed by atoms with E-state index in [0.29, 0.717) is 12.8 Å². The minimum absolute atomic E-state index is 0.0150. The van der Waals surface area contributed by atoms with Gasteiger partial charge in [0.2, 0.25) is 5.91 Å². The minimum atomic E-state index is -0.525. The first-order valence-corrected chi connectivity index (χ1v) is 6.76. The molecule has 2 amide bonds. The fourth-order valence-electron chi connectivity index (χ4n) is 2.57. The molecule has 108 valence electrons. The smallest absolute Gasteiger partial charge is 0.257 e. The van der Waals surface area contributed by atoms with Gasteiger partial charge in [0, 0.05) is 12.6 Å². The van der Waals surface area contributed by atoms with E-state index in [0.717, 1.165) is 5.56 Å². The van der Waals surface area contributed by atoms with Crippen molar-refractivity contribution < 1.29 is 14.0 Å². The highest BCUT2D eigenvalue weighted by atomic mass is 19.1. The fourth-order valence-corrected chi connectivity index (χ4v) is 2.57. The lowest BCUT2D eigenvalue weighted by Gasteiger charge is -2.37. The Bertz CT molecular complexity index is 545. The van der Waals surface area contributed by atoms with Gasteiger partial charge in [-0.3, -0.25) is 9.59 Å². The van der Waals surface area contributed by atoms with Gasteiger partial charge in [-0.25, -0.2) is 4.39 Å². The number of carbonyl (C=O) groups excluding carboxylic acids is 2. The van der Waals surface area contributed by atoms with E-state index < -0.39 is 11.7 Å². The second-order valence-corrected chi connectivity index (χ2v) is 5.47.